The topological polar surface area (TPSA) is 87.5 Å². The molecule has 0 bridgehead atoms. The first-order valence-electron chi connectivity index (χ1n) is 6.77. The van der Waals surface area contributed by atoms with Gasteiger partial charge < -0.3 is 10.6 Å². The van der Waals surface area contributed by atoms with E-state index in [1.807, 2.05) is 24.8 Å². The van der Waals surface area contributed by atoms with Crippen LogP contribution in [0, 0.1) is 10.1 Å². The van der Waals surface area contributed by atoms with Gasteiger partial charge >= 0.3 is 0 Å². The Morgan fingerprint density at radius 1 is 1.43 bits per heavy atom. The van der Waals surface area contributed by atoms with Crippen molar-refractivity contribution in [1.82, 2.24) is 10.2 Å². The van der Waals surface area contributed by atoms with Crippen molar-refractivity contribution in [1.29, 1.82) is 0 Å². The first kappa shape index (κ1) is 16.9. The second kappa shape index (κ2) is 7.58. The molecule has 0 aliphatic heterocycles. The molecule has 116 valence electrons. The van der Waals surface area contributed by atoms with E-state index in [1.54, 1.807) is 20.2 Å². The Balaban J connectivity index is 2.80. The number of benzene rings is 1. The number of carbonyl (C=O) groups is 1. The van der Waals surface area contributed by atoms with E-state index in [-0.39, 0.29) is 24.2 Å². The lowest BCUT2D eigenvalue weighted by atomic mass is 10.1. The minimum atomic E-state index is -0.416. The van der Waals surface area contributed by atoms with Crippen molar-refractivity contribution in [2.24, 2.45) is 0 Å². The summed E-state index contributed by atoms with van der Waals surface area (Å²) in [4.78, 5) is 24.1. The molecule has 0 radical (unpaired) electrons. The Morgan fingerprint density at radius 3 is 2.62 bits per heavy atom. The summed E-state index contributed by atoms with van der Waals surface area (Å²) < 4.78 is 0. The van der Waals surface area contributed by atoms with Gasteiger partial charge in [0.2, 0.25) is 5.91 Å². The van der Waals surface area contributed by atoms with Gasteiger partial charge in [0.05, 0.1) is 11.5 Å². The lowest BCUT2D eigenvalue weighted by Crippen LogP contribution is -2.38. The molecular weight excluding hydrogens is 272 g/mol. The van der Waals surface area contributed by atoms with Gasteiger partial charge in [-0.25, -0.2) is 0 Å². The highest BCUT2D eigenvalue weighted by molar-refractivity contribution is 5.78. The Labute approximate surface area is 124 Å². The van der Waals surface area contributed by atoms with Crippen molar-refractivity contribution in [3.05, 3.63) is 33.9 Å². The maximum absolute atomic E-state index is 11.7. The van der Waals surface area contributed by atoms with Crippen LogP contribution in [0.25, 0.3) is 0 Å². The number of amides is 1. The van der Waals surface area contributed by atoms with Crippen LogP contribution >= 0.6 is 0 Å². The van der Waals surface area contributed by atoms with E-state index in [0.29, 0.717) is 12.2 Å². The maximum Gasteiger partial charge on any atom is 0.292 e. The summed E-state index contributed by atoms with van der Waals surface area (Å²) in [5.74, 6) is -0.0658. The monoisotopic (exact) mass is 294 g/mol. The third kappa shape index (κ3) is 5.03. The molecule has 1 aromatic carbocycles. The van der Waals surface area contributed by atoms with Crippen LogP contribution in [0.2, 0.25) is 0 Å². The third-order valence-electron chi connectivity index (χ3n) is 2.88. The normalized spacial score (nSPS) is 10.8. The van der Waals surface area contributed by atoms with E-state index in [9.17, 15) is 14.9 Å². The standard InChI is InChI=1S/C14H22N4O3/c1-10(2)16-13(19)9-17(4)8-11-6-5-7-12(18(20)21)14(11)15-3/h5-7,10,15H,8-9H2,1-4H3,(H,16,19). The molecule has 2 N–H and O–H groups in total. The zero-order valence-electron chi connectivity index (χ0n) is 12.8. The molecule has 0 aliphatic rings. The Kier molecular flexibility index (Phi) is 6.10. The number of nitro groups is 1. The molecule has 0 spiro atoms. The summed E-state index contributed by atoms with van der Waals surface area (Å²) in [6, 6.07) is 5.02. The molecule has 0 aromatic heterocycles. The number of nitrogens with one attached hydrogen (secondary N) is 2. The summed E-state index contributed by atoms with van der Waals surface area (Å²) >= 11 is 0. The highest BCUT2D eigenvalue weighted by Crippen LogP contribution is 2.28. The van der Waals surface area contributed by atoms with Crippen molar-refractivity contribution in [3.63, 3.8) is 0 Å². The van der Waals surface area contributed by atoms with E-state index in [1.165, 1.54) is 6.07 Å². The van der Waals surface area contributed by atoms with Crippen LogP contribution in [0.1, 0.15) is 19.4 Å². The van der Waals surface area contributed by atoms with Crippen LogP contribution in [0.5, 0.6) is 0 Å². The molecule has 0 unspecified atom stereocenters. The largest absolute Gasteiger partial charge is 0.382 e. The number of likely N-dealkylation sites (N-methyl/N-ethyl adjacent to an activating group) is 1. The average molecular weight is 294 g/mol. The van der Waals surface area contributed by atoms with Gasteiger partial charge in [-0.05, 0) is 26.5 Å². The molecule has 0 heterocycles. The van der Waals surface area contributed by atoms with Gasteiger partial charge in [-0.1, -0.05) is 12.1 Å². The molecule has 21 heavy (non-hydrogen) atoms. The van der Waals surface area contributed by atoms with Gasteiger partial charge in [0.25, 0.3) is 5.69 Å². The molecule has 0 saturated heterocycles. The average Bonchev–Trinajstić information content (AvgIpc) is 2.36. The highest BCUT2D eigenvalue weighted by atomic mass is 16.6. The van der Waals surface area contributed by atoms with E-state index in [4.69, 9.17) is 0 Å². The van der Waals surface area contributed by atoms with E-state index >= 15 is 0 Å². The minimum Gasteiger partial charge on any atom is -0.382 e. The smallest absolute Gasteiger partial charge is 0.292 e. The molecule has 0 fully saturated rings. The lowest BCUT2D eigenvalue weighted by Gasteiger charge is -2.19. The molecule has 7 nitrogen and oxygen atoms in total. The first-order valence-corrected chi connectivity index (χ1v) is 6.77. The lowest BCUT2D eigenvalue weighted by molar-refractivity contribution is -0.384. The van der Waals surface area contributed by atoms with E-state index in [2.05, 4.69) is 10.6 Å². The number of carbonyl (C=O) groups excluding carboxylic acids is 1. The highest BCUT2D eigenvalue weighted by Gasteiger charge is 2.17. The van der Waals surface area contributed by atoms with Gasteiger partial charge in [0.1, 0.15) is 5.69 Å². The van der Waals surface area contributed by atoms with Crippen LogP contribution in [-0.2, 0) is 11.3 Å². The molecular formula is C14H22N4O3. The van der Waals surface area contributed by atoms with Crippen LogP contribution in [0.15, 0.2) is 18.2 Å². The van der Waals surface area contributed by atoms with Gasteiger partial charge in [0.15, 0.2) is 0 Å². The van der Waals surface area contributed by atoms with Gasteiger partial charge in [-0.3, -0.25) is 19.8 Å². The molecule has 0 atom stereocenters. The number of rotatable bonds is 7. The van der Waals surface area contributed by atoms with Gasteiger partial charge in [0, 0.05) is 25.7 Å². The first-order chi connectivity index (χ1) is 9.85. The van der Waals surface area contributed by atoms with Crippen LogP contribution in [-0.4, -0.2) is 42.4 Å². The fourth-order valence-corrected chi connectivity index (χ4v) is 2.12. The van der Waals surface area contributed by atoms with Gasteiger partial charge in [-0.15, -0.1) is 0 Å². The SMILES string of the molecule is CNc1c(CN(C)CC(=O)NC(C)C)cccc1[N+](=O)[O-]. The second-order valence-corrected chi connectivity index (χ2v) is 5.21. The predicted molar refractivity (Wildman–Crippen MR) is 82.3 cm³/mol. The predicted octanol–water partition coefficient (Wildman–Crippen LogP) is 1.59. The van der Waals surface area contributed by atoms with E-state index < -0.39 is 4.92 Å². The number of nitrogens with zero attached hydrogens (tertiary/aromatic N) is 2. The molecule has 0 aliphatic carbocycles. The fourth-order valence-electron chi connectivity index (χ4n) is 2.12. The molecule has 1 amide bonds. The third-order valence-corrected chi connectivity index (χ3v) is 2.88. The number of nitro benzene ring substituents is 1. The molecule has 7 heteroatoms. The summed E-state index contributed by atoms with van der Waals surface area (Å²) in [6.45, 7) is 4.49. The molecule has 1 aromatic rings. The quantitative estimate of drug-likeness (QED) is 0.589. The Hall–Kier alpha value is -2.15. The van der Waals surface area contributed by atoms with Crippen LogP contribution in [0.3, 0.4) is 0 Å². The van der Waals surface area contributed by atoms with Crippen molar-refractivity contribution in [2.75, 3.05) is 26.0 Å². The summed E-state index contributed by atoms with van der Waals surface area (Å²) in [5.41, 5.74) is 1.31. The van der Waals surface area contributed by atoms with Crippen molar-refractivity contribution in [3.8, 4) is 0 Å². The van der Waals surface area contributed by atoms with Crippen molar-refractivity contribution < 1.29 is 9.72 Å². The van der Waals surface area contributed by atoms with E-state index in [0.717, 1.165) is 5.56 Å². The Morgan fingerprint density at radius 2 is 2.10 bits per heavy atom. The second-order valence-electron chi connectivity index (χ2n) is 5.21. The summed E-state index contributed by atoms with van der Waals surface area (Å²) in [6.07, 6.45) is 0. The zero-order chi connectivity index (χ0) is 16.0. The van der Waals surface area contributed by atoms with Crippen molar-refractivity contribution >= 4 is 17.3 Å². The van der Waals surface area contributed by atoms with Crippen molar-refractivity contribution in [2.45, 2.75) is 26.4 Å². The molecule has 0 saturated carbocycles. The Bertz CT molecular complexity index is 517. The number of para-hydroxylation sites is 1. The summed E-state index contributed by atoms with van der Waals surface area (Å²) in [5, 5.41) is 16.7. The molecule has 1 rings (SSSR count). The number of hydrogen-bond donors (Lipinski definition) is 2. The minimum absolute atomic E-state index is 0.0371. The zero-order valence-corrected chi connectivity index (χ0v) is 12.8. The van der Waals surface area contributed by atoms with Crippen LogP contribution < -0.4 is 10.6 Å². The van der Waals surface area contributed by atoms with Crippen LogP contribution in [0.4, 0.5) is 11.4 Å². The fraction of sp³-hybridized carbons (Fsp3) is 0.500. The summed E-state index contributed by atoms with van der Waals surface area (Å²) in [7, 11) is 3.45. The maximum atomic E-state index is 11.7. The van der Waals surface area contributed by atoms with Gasteiger partial charge in [-0.2, -0.15) is 0 Å². The number of hydrogen-bond acceptors (Lipinski definition) is 5. The number of anilines is 1.